The standard InChI is InChI=1S/C12H13N3O/c1-8-7-10(8)13-12-14-11(16-15-12)9-5-3-2-4-6-9/h2-6,8,10H,7H2,1H3,(H,13,15). The molecule has 1 aromatic carbocycles. The molecule has 2 atom stereocenters. The quantitative estimate of drug-likeness (QED) is 0.854. The van der Waals surface area contributed by atoms with E-state index >= 15 is 0 Å². The number of benzene rings is 1. The highest BCUT2D eigenvalue weighted by atomic mass is 16.5. The zero-order valence-corrected chi connectivity index (χ0v) is 9.05. The van der Waals surface area contributed by atoms with Crippen LogP contribution in [-0.4, -0.2) is 16.2 Å². The van der Waals surface area contributed by atoms with E-state index in [-0.39, 0.29) is 0 Å². The summed E-state index contributed by atoms with van der Waals surface area (Å²) in [5.74, 6) is 1.88. The van der Waals surface area contributed by atoms with Crippen LogP contribution in [0.2, 0.25) is 0 Å². The van der Waals surface area contributed by atoms with Crippen molar-refractivity contribution < 1.29 is 4.52 Å². The number of hydrogen-bond donors (Lipinski definition) is 1. The van der Waals surface area contributed by atoms with Crippen LogP contribution in [0.5, 0.6) is 0 Å². The second kappa shape index (κ2) is 3.63. The summed E-state index contributed by atoms with van der Waals surface area (Å²) in [5, 5.41) is 7.15. The highest BCUT2D eigenvalue weighted by Gasteiger charge is 2.33. The minimum Gasteiger partial charge on any atom is -0.349 e. The van der Waals surface area contributed by atoms with Gasteiger partial charge in [0.25, 0.3) is 11.8 Å². The van der Waals surface area contributed by atoms with Crippen molar-refractivity contribution in [3.63, 3.8) is 0 Å². The van der Waals surface area contributed by atoms with Crippen LogP contribution in [-0.2, 0) is 0 Å². The molecular formula is C12H13N3O. The average Bonchev–Trinajstić information content (AvgIpc) is 2.80. The third kappa shape index (κ3) is 1.78. The van der Waals surface area contributed by atoms with Crippen LogP contribution in [0.15, 0.2) is 34.9 Å². The molecule has 0 saturated heterocycles. The van der Waals surface area contributed by atoms with Crippen molar-refractivity contribution in [3.05, 3.63) is 30.3 Å². The molecule has 0 bridgehead atoms. The number of anilines is 1. The lowest BCUT2D eigenvalue weighted by atomic mass is 10.2. The van der Waals surface area contributed by atoms with Crippen molar-refractivity contribution in [1.82, 2.24) is 10.1 Å². The topological polar surface area (TPSA) is 51.0 Å². The highest BCUT2D eigenvalue weighted by molar-refractivity contribution is 5.53. The van der Waals surface area contributed by atoms with E-state index < -0.39 is 0 Å². The SMILES string of the molecule is CC1CC1Nc1noc(-c2ccccc2)n1. The first-order valence-corrected chi connectivity index (χ1v) is 5.48. The van der Waals surface area contributed by atoms with Crippen LogP contribution >= 0.6 is 0 Å². The molecule has 4 heteroatoms. The molecule has 0 amide bonds. The summed E-state index contributed by atoms with van der Waals surface area (Å²) in [6.45, 7) is 2.20. The van der Waals surface area contributed by atoms with E-state index in [1.54, 1.807) is 0 Å². The van der Waals surface area contributed by atoms with E-state index in [0.717, 1.165) is 11.5 Å². The molecule has 1 N–H and O–H groups in total. The normalized spacial score (nSPS) is 23.1. The Kier molecular flexibility index (Phi) is 2.13. The van der Waals surface area contributed by atoms with Gasteiger partial charge in [0.2, 0.25) is 0 Å². The molecule has 1 fully saturated rings. The molecule has 1 saturated carbocycles. The van der Waals surface area contributed by atoms with Gasteiger partial charge >= 0.3 is 0 Å². The van der Waals surface area contributed by atoms with E-state index in [2.05, 4.69) is 22.4 Å². The molecular weight excluding hydrogens is 202 g/mol. The summed E-state index contributed by atoms with van der Waals surface area (Å²) >= 11 is 0. The van der Waals surface area contributed by atoms with Crippen LogP contribution < -0.4 is 5.32 Å². The first-order chi connectivity index (χ1) is 7.83. The molecule has 3 rings (SSSR count). The Morgan fingerprint density at radius 3 is 2.75 bits per heavy atom. The van der Waals surface area contributed by atoms with Gasteiger partial charge in [0.15, 0.2) is 0 Å². The fourth-order valence-electron chi connectivity index (χ4n) is 1.67. The Morgan fingerprint density at radius 1 is 1.31 bits per heavy atom. The molecule has 1 aliphatic carbocycles. The summed E-state index contributed by atoms with van der Waals surface area (Å²) in [5.41, 5.74) is 0.951. The third-order valence-electron chi connectivity index (χ3n) is 2.87. The Bertz CT molecular complexity index is 480. The molecule has 1 aliphatic rings. The van der Waals surface area contributed by atoms with Crippen LogP contribution in [0.1, 0.15) is 13.3 Å². The van der Waals surface area contributed by atoms with Gasteiger partial charge in [0.1, 0.15) is 0 Å². The van der Waals surface area contributed by atoms with Crippen molar-refractivity contribution in [2.75, 3.05) is 5.32 Å². The van der Waals surface area contributed by atoms with E-state index in [4.69, 9.17) is 4.52 Å². The molecule has 2 unspecified atom stereocenters. The summed E-state index contributed by atoms with van der Waals surface area (Å²) in [6, 6.07) is 10.3. The van der Waals surface area contributed by atoms with Gasteiger partial charge in [-0.25, -0.2) is 0 Å². The van der Waals surface area contributed by atoms with Crippen molar-refractivity contribution in [3.8, 4) is 11.5 Å². The maximum absolute atomic E-state index is 5.19. The highest BCUT2D eigenvalue weighted by Crippen LogP contribution is 2.32. The van der Waals surface area contributed by atoms with Crippen molar-refractivity contribution >= 4 is 5.95 Å². The van der Waals surface area contributed by atoms with Gasteiger partial charge < -0.3 is 9.84 Å². The molecule has 82 valence electrons. The number of hydrogen-bond acceptors (Lipinski definition) is 4. The number of aromatic nitrogens is 2. The van der Waals surface area contributed by atoms with E-state index in [0.29, 0.717) is 17.9 Å². The first kappa shape index (κ1) is 9.39. The maximum atomic E-state index is 5.19. The fraction of sp³-hybridized carbons (Fsp3) is 0.333. The molecule has 16 heavy (non-hydrogen) atoms. The average molecular weight is 215 g/mol. The van der Waals surface area contributed by atoms with E-state index in [9.17, 15) is 0 Å². The molecule has 0 spiro atoms. The Balaban J connectivity index is 1.77. The zero-order valence-electron chi connectivity index (χ0n) is 9.05. The van der Waals surface area contributed by atoms with Crippen LogP contribution in [0.25, 0.3) is 11.5 Å². The summed E-state index contributed by atoms with van der Waals surface area (Å²) in [6.07, 6.45) is 1.19. The van der Waals surface area contributed by atoms with Crippen molar-refractivity contribution in [1.29, 1.82) is 0 Å². The number of rotatable bonds is 3. The largest absolute Gasteiger partial charge is 0.349 e. The predicted molar refractivity (Wildman–Crippen MR) is 60.9 cm³/mol. The molecule has 2 aromatic rings. The van der Waals surface area contributed by atoms with Gasteiger partial charge in [-0.05, 0) is 29.6 Å². The summed E-state index contributed by atoms with van der Waals surface area (Å²) in [7, 11) is 0. The lowest BCUT2D eigenvalue weighted by molar-refractivity contribution is 0.432. The van der Waals surface area contributed by atoms with Gasteiger partial charge in [-0.3, -0.25) is 0 Å². The smallest absolute Gasteiger partial charge is 0.263 e. The maximum Gasteiger partial charge on any atom is 0.263 e. The predicted octanol–water partition coefficient (Wildman–Crippen LogP) is 2.56. The Morgan fingerprint density at radius 2 is 2.06 bits per heavy atom. The third-order valence-corrected chi connectivity index (χ3v) is 2.87. The molecule has 1 heterocycles. The summed E-state index contributed by atoms with van der Waals surface area (Å²) < 4.78 is 5.19. The van der Waals surface area contributed by atoms with Crippen LogP contribution in [0.4, 0.5) is 5.95 Å². The van der Waals surface area contributed by atoms with Gasteiger partial charge in [-0.2, -0.15) is 4.98 Å². The summed E-state index contributed by atoms with van der Waals surface area (Å²) in [4.78, 5) is 4.31. The molecule has 0 radical (unpaired) electrons. The second-order valence-corrected chi connectivity index (χ2v) is 4.25. The Hall–Kier alpha value is -1.84. The minimum absolute atomic E-state index is 0.515. The fourth-order valence-corrected chi connectivity index (χ4v) is 1.67. The van der Waals surface area contributed by atoms with Gasteiger partial charge in [0.05, 0.1) is 0 Å². The van der Waals surface area contributed by atoms with Gasteiger partial charge in [0, 0.05) is 11.6 Å². The van der Waals surface area contributed by atoms with Gasteiger partial charge in [-0.15, -0.1) is 0 Å². The van der Waals surface area contributed by atoms with Crippen LogP contribution in [0.3, 0.4) is 0 Å². The Labute approximate surface area is 93.7 Å². The van der Waals surface area contributed by atoms with Gasteiger partial charge in [-0.1, -0.05) is 25.1 Å². The molecule has 4 nitrogen and oxygen atoms in total. The number of nitrogens with one attached hydrogen (secondary N) is 1. The lowest BCUT2D eigenvalue weighted by Crippen LogP contribution is -2.04. The zero-order chi connectivity index (χ0) is 11.0. The minimum atomic E-state index is 0.515. The van der Waals surface area contributed by atoms with Crippen molar-refractivity contribution in [2.45, 2.75) is 19.4 Å². The van der Waals surface area contributed by atoms with Crippen LogP contribution in [0, 0.1) is 5.92 Å². The van der Waals surface area contributed by atoms with E-state index in [1.807, 2.05) is 30.3 Å². The first-order valence-electron chi connectivity index (χ1n) is 5.48. The lowest BCUT2D eigenvalue weighted by Gasteiger charge is -1.95. The molecule has 1 aromatic heterocycles. The van der Waals surface area contributed by atoms with Crippen molar-refractivity contribution in [2.24, 2.45) is 5.92 Å². The molecule has 0 aliphatic heterocycles. The monoisotopic (exact) mass is 215 g/mol. The number of nitrogens with zero attached hydrogens (tertiary/aromatic N) is 2. The van der Waals surface area contributed by atoms with E-state index in [1.165, 1.54) is 6.42 Å². The second-order valence-electron chi connectivity index (χ2n) is 4.25.